The highest BCUT2D eigenvalue weighted by molar-refractivity contribution is 5.85. The number of aliphatic hydroxyl groups is 1. The van der Waals surface area contributed by atoms with Crippen molar-refractivity contribution in [1.82, 2.24) is 0 Å². The maximum atomic E-state index is 13.7. The summed E-state index contributed by atoms with van der Waals surface area (Å²) < 4.78 is 13.7. The quantitative estimate of drug-likeness (QED) is 0.845. The lowest BCUT2D eigenvalue weighted by Crippen LogP contribution is -2.01. The topological polar surface area (TPSA) is 57.5 Å². The van der Waals surface area contributed by atoms with Crippen LogP contribution in [0.15, 0.2) is 60.2 Å². The summed E-state index contributed by atoms with van der Waals surface area (Å²) in [6.07, 6.45) is 0.260. The van der Waals surface area contributed by atoms with Gasteiger partial charge in [0.05, 0.1) is 6.10 Å². The van der Waals surface area contributed by atoms with E-state index >= 15 is 0 Å². The summed E-state index contributed by atoms with van der Waals surface area (Å²) in [7, 11) is 0. The third-order valence-corrected chi connectivity index (χ3v) is 3.18. The molecule has 0 aromatic heterocycles. The van der Waals surface area contributed by atoms with Gasteiger partial charge in [-0.15, -0.1) is 0 Å². The molecular weight excluding hydrogens is 271 g/mol. The van der Waals surface area contributed by atoms with Gasteiger partial charge in [0.2, 0.25) is 0 Å². The van der Waals surface area contributed by atoms with E-state index in [1.165, 1.54) is 19.1 Å². The Balaban J connectivity index is 2.26. The first-order chi connectivity index (χ1) is 9.99. The van der Waals surface area contributed by atoms with Crippen LogP contribution in [-0.2, 0) is 4.79 Å². The minimum absolute atomic E-state index is 0.0701. The standard InChI is InChI=1S/C17H15FO3/c1-11(17(20)21)10-16(19)13-8-6-12(7-9-13)14-4-2-3-5-15(14)18/h2-10,16,19H,1H3,(H,20,21)/b11-10+. The van der Waals surface area contributed by atoms with Crippen molar-refractivity contribution in [1.29, 1.82) is 0 Å². The van der Waals surface area contributed by atoms with E-state index in [-0.39, 0.29) is 11.4 Å². The van der Waals surface area contributed by atoms with Crippen LogP contribution in [0.4, 0.5) is 4.39 Å². The van der Waals surface area contributed by atoms with Crippen molar-refractivity contribution in [3.8, 4) is 11.1 Å². The van der Waals surface area contributed by atoms with Gasteiger partial charge in [0.1, 0.15) is 5.82 Å². The smallest absolute Gasteiger partial charge is 0.331 e. The Morgan fingerprint density at radius 3 is 2.33 bits per heavy atom. The van der Waals surface area contributed by atoms with Crippen molar-refractivity contribution in [2.24, 2.45) is 0 Å². The molecule has 2 N–H and O–H groups in total. The molecule has 1 unspecified atom stereocenters. The van der Waals surface area contributed by atoms with Crippen LogP contribution < -0.4 is 0 Å². The van der Waals surface area contributed by atoms with Crippen LogP contribution in [0.5, 0.6) is 0 Å². The van der Waals surface area contributed by atoms with Gasteiger partial charge in [0.25, 0.3) is 0 Å². The molecule has 21 heavy (non-hydrogen) atoms. The highest BCUT2D eigenvalue weighted by Crippen LogP contribution is 2.25. The number of hydrogen-bond acceptors (Lipinski definition) is 2. The lowest BCUT2D eigenvalue weighted by atomic mass is 10.0. The van der Waals surface area contributed by atoms with Gasteiger partial charge >= 0.3 is 5.97 Å². The summed E-state index contributed by atoms with van der Waals surface area (Å²) in [5.74, 6) is -1.38. The van der Waals surface area contributed by atoms with E-state index in [2.05, 4.69) is 0 Å². The molecule has 0 heterocycles. The normalized spacial score (nSPS) is 13.0. The van der Waals surface area contributed by atoms with E-state index in [9.17, 15) is 14.3 Å². The van der Waals surface area contributed by atoms with E-state index in [4.69, 9.17) is 5.11 Å². The zero-order valence-corrected chi connectivity index (χ0v) is 11.5. The summed E-state index contributed by atoms with van der Waals surface area (Å²) in [5.41, 5.74) is 1.80. The van der Waals surface area contributed by atoms with Crippen LogP contribution in [0.25, 0.3) is 11.1 Å². The van der Waals surface area contributed by atoms with Crippen molar-refractivity contribution >= 4 is 5.97 Å². The number of halogens is 1. The predicted octanol–water partition coefficient (Wildman–Crippen LogP) is 3.56. The Hall–Kier alpha value is -2.46. The lowest BCUT2D eigenvalue weighted by Gasteiger charge is -2.09. The molecule has 0 fully saturated rings. The third kappa shape index (κ3) is 3.55. The molecular formula is C17H15FO3. The van der Waals surface area contributed by atoms with Crippen molar-refractivity contribution in [2.75, 3.05) is 0 Å². The van der Waals surface area contributed by atoms with Gasteiger partial charge in [0, 0.05) is 11.1 Å². The van der Waals surface area contributed by atoms with E-state index < -0.39 is 12.1 Å². The van der Waals surface area contributed by atoms with Gasteiger partial charge in [-0.2, -0.15) is 0 Å². The fourth-order valence-corrected chi connectivity index (χ4v) is 1.96. The van der Waals surface area contributed by atoms with E-state index in [1.54, 1.807) is 42.5 Å². The zero-order chi connectivity index (χ0) is 15.4. The Kier molecular flexibility index (Phi) is 4.50. The molecule has 0 saturated carbocycles. The molecule has 0 aliphatic carbocycles. The maximum absolute atomic E-state index is 13.7. The molecule has 2 aromatic carbocycles. The first-order valence-corrected chi connectivity index (χ1v) is 6.43. The molecule has 108 valence electrons. The minimum atomic E-state index is -1.07. The Bertz CT molecular complexity index is 675. The molecule has 3 nitrogen and oxygen atoms in total. The Morgan fingerprint density at radius 2 is 1.76 bits per heavy atom. The Morgan fingerprint density at radius 1 is 1.14 bits per heavy atom. The van der Waals surface area contributed by atoms with Crippen LogP contribution in [-0.4, -0.2) is 16.2 Å². The molecule has 0 saturated heterocycles. The van der Waals surface area contributed by atoms with Crippen molar-refractivity contribution in [3.63, 3.8) is 0 Å². The van der Waals surface area contributed by atoms with Crippen LogP contribution in [0.2, 0.25) is 0 Å². The molecule has 2 aromatic rings. The monoisotopic (exact) mass is 286 g/mol. The second kappa shape index (κ2) is 6.33. The molecule has 0 aliphatic rings. The number of hydrogen-bond donors (Lipinski definition) is 2. The maximum Gasteiger partial charge on any atom is 0.331 e. The van der Waals surface area contributed by atoms with Crippen molar-refractivity contribution in [2.45, 2.75) is 13.0 Å². The SMILES string of the molecule is C/C(=C\C(O)c1ccc(-c2ccccc2F)cc1)C(=O)O. The highest BCUT2D eigenvalue weighted by Gasteiger charge is 2.09. The van der Waals surface area contributed by atoms with Crippen LogP contribution >= 0.6 is 0 Å². The van der Waals surface area contributed by atoms with Gasteiger partial charge in [-0.3, -0.25) is 0 Å². The fourth-order valence-electron chi connectivity index (χ4n) is 1.96. The number of aliphatic hydroxyl groups excluding tert-OH is 1. The largest absolute Gasteiger partial charge is 0.478 e. The first-order valence-electron chi connectivity index (χ1n) is 6.43. The number of carbonyl (C=O) groups is 1. The van der Waals surface area contributed by atoms with Gasteiger partial charge in [-0.05, 0) is 30.2 Å². The molecule has 2 rings (SSSR count). The minimum Gasteiger partial charge on any atom is -0.478 e. The lowest BCUT2D eigenvalue weighted by molar-refractivity contribution is -0.132. The number of aliphatic carboxylic acids is 1. The molecule has 0 aliphatic heterocycles. The average molecular weight is 286 g/mol. The van der Waals surface area contributed by atoms with Gasteiger partial charge in [-0.25, -0.2) is 9.18 Å². The van der Waals surface area contributed by atoms with E-state index in [0.717, 1.165) is 0 Å². The first kappa shape index (κ1) is 14.9. The molecule has 4 heteroatoms. The third-order valence-electron chi connectivity index (χ3n) is 3.18. The summed E-state index contributed by atoms with van der Waals surface area (Å²) in [6, 6.07) is 13.1. The van der Waals surface area contributed by atoms with Crippen molar-refractivity contribution < 1.29 is 19.4 Å². The summed E-state index contributed by atoms with van der Waals surface area (Å²) in [4.78, 5) is 10.7. The second-order valence-corrected chi connectivity index (χ2v) is 4.70. The molecule has 0 spiro atoms. The molecule has 0 amide bonds. The van der Waals surface area contributed by atoms with Crippen LogP contribution in [0.1, 0.15) is 18.6 Å². The molecule has 0 radical (unpaired) electrons. The van der Waals surface area contributed by atoms with E-state index in [0.29, 0.717) is 16.7 Å². The highest BCUT2D eigenvalue weighted by atomic mass is 19.1. The summed E-state index contributed by atoms with van der Waals surface area (Å²) in [6.45, 7) is 1.42. The van der Waals surface area contributed by atoms with E-state index in [1.807, 2.05) is 0 Å². The number of rotatable bonds is 4. The average Bonchev–Trinajstić information content (AvgIpc) is 2.47. The molecule has 0 bridgehead atoms. The number of carboxylic acid groups (broad SMARTS) is 1. The summed E-state index contributed by atoms with van der Waals surface area (Å²) >= 11 is 0. The van der Waals surface area contributed by atoms with Crippen LogP contribution in [0.3, 0.4) is 0 Å². The number of benzene rings is 2. The predicted molar refractivity (Wildman–Crippen MR) is 78.2 cm³/mol. The van der Waals surface area contributed by atoms with Crippen LogP contribution in [0, 0.1) is 5.82 Å². The second-order valence-electron chi connectivity index (χ2n) is 4.70. The van der Waals surface area contributed by atoms with Gasteiger partial charge in [0.15, 0.2) is 0 Å². The Labute approximate surface area is 122 Å². The zero-order valence-electron chi connectivity index (χ0n) is 11.5. The van der Waals surface area contributed by atoms with Gasteiger partial charge < -0.3 is 10.2 Å². The van der Waals surface area contributed by atoms with Crippen molar-refractivity contribution in [3.05, 3.63) is 71.6 Å². The molecule has 1 atom stereocenters. The fraction of sp³-hybridized carbons (Fsp3) is 0.118. The van der Waals surface area contributed by atoms with Gasteiger partial charge in [-0.1, -0.05) is 42.5 Å². The summed E-state index contributed by atoms with van der Waals surface area (Å²) in [5, 5.41) is 18.7. The number of carboxylic acids is 1.